The van der Waals surface area contributed by atoms with Crippen LogP contribution in [0.1, 0.15) is 31.4 Å². The molecule has 1 saturated heterocycles. The molecule has 0 radical (unpaired) electrons. The molecule has 1 fully saturated rings. The number of hydrogen-bond donors (Lipinski definition) is 0. The third-order valence-corrected chi connectivity index (χ3v) is 8.26. The van der Waals surface area contributed by atoms with Gasteiger partial charge in [0.05, 0.1) is 21.5 Å². The van der Waals surface area contributed by atoms with E-state index in [2.05, 4.69) is 11.8 Å². The van der Waals surface area contributed by atoms with Crippen molar-refractivity contribution >= 4 is 26.4 Å². The summed E-state index contributed by atoms with van der Waals surface area (Å²) in [5.41, 5.74) is 1.94. The molecule has 182 valence electrons. The first kappa shape index (κ1) is 24.4. The van der Waals surface area contributed by atoms with E-state index < -0.39 is 21.1 Å². The maximum absolute atomic E-state index is 15.3. The average molecular weight is 486 g/mol. The Kier molecular flexibility index (Phi) is 6.82. The van der Waals surface area contributed by atoms with E-state index in [0.717, 1.165) is 37.2 Å². The van der Waals surface area contributed by atoms with Crippen LogP contribution in [0.4, 0.5) is 10.1 Å². The predicted octanol–water partition coefficient (Wildman–Crippen LogP) is 4.14. The molecule has 2 heterocycles. The summed E-state index contributed by atoms with van der Waals surface area (Å²) < 4.78 is 44.1. The van der Waals surface area contributed by atoms with Gasteiger partial charge in [0, 0.05) is 38.9 Å². The molecule has 8 heteroatoms. The fraction of sp³-hybridized carbons (Fsp3) is 0.423. The van der Waals surface area contributed by atoms with Gasteiger partial charge in [-0.05, 0) is 62.2 Å². The van der Waals surface area contributed by atoms with Gasteiger partial charge >= 0.3 is 0 Å². The van der Waals surface area contributed by atoms with E-state index in [1.54, 1.807) is 22.8 Å². The lowest BCUT2D eigenvalue weighted by Gasteiger charge is -2.35. The van der Waals surface area contributed by atoms with Crippen LogP contribution in [0.3, 0.4) is 0 Å². The summed E-state index contributed by atoms with van der Waals surface area (Å²) in [6.45, 7) is 12.3. The average Bonchev–Trinajstić information content (AvgIpc) is 2.80. The van der Waals surface area contributed by atoms with Crippen molar-refractivity contribution in [2.75, 3.05) is 37.6 Å². The van der Waals surface area contributed by atoms with E-state index in [4.69, 9.17) is 0 Å². The zero-order chi connectivity index (χ0) is 24.6. The molecule has 0 bridgehead atoms. The number of pyridine rings is 1. The molecule has 0 saturated carbocycles. The predicted molar refractivity (Wildman–Crippen MR) is 134 cm³/mol. The summed E-state index contributed by atoms with van der Waals surface area (Å²) in [6.07, 6.45) is 2.17. The van der Waals surface area contributed by atoms with Crippen molar-refractivity contribution in [2.45, 2.75) is 50.5 Å². The van der Waals surface area contributed by atoms with Crippen molar-refractivity contribution in [1.29, 1.82) is 0 Å². The lowest BCUT2D eigenvalue weighted by atomic mass is 10.1. The third-order valence-electron chi connectivity index (χ3n) is 6.54. The highest BCUT2D eigenvalue weighted by Gasteiger charge is 2.26. The Bertz CT molecular complexity index is 1370. The monoisotopic (exact) mass is 485 g/mol. The first-order valence-corrected chi connectivity index (χ1v) is 13.3. The molecule has 0 spiro atoms. The summed E-state index contributed by atoms with van der Waals surface area (Å²) in [6, 6.07) is 7.93. The Morgan fingerprint density at radius 1 is 0.941 bits per heavy atom. The molecule has 1 aliphatic heterocycles. The fourth-order valence-corrected chi connectivity index (χ4v) is 6.31. The minimum atomic E-state index is -4.07. The minimum Gasteiger partial charge on any atom is -0.367 e. The number of likely N-dealkylation sites (N-methyl/N-ethyl adjacent to an activating group) is 1. The van der Waals surface area contributed by atoms with Crippen molar-refractivity contribution in [3.8, 4) is 0 Å². The summed E-state index contributed by atoms with van der Waals surface area (Å²) in [5.74, 6) is -0.501. The number of fused-ring (bicyclic) bond motifs is 1. The van der Waals surface area contributed by atoms with Crippen molar-refractivity contribution in [3.63, 3.8) is 0 Å². The Morgan fingerprint density at radius 3 is 2.18 bits per heavy atom. The summed E-state index contributed by atoms with van der Waals surface area (Å²) >= 11 is 0. The van der Waals surface area contributed by atoms with Crippen LogP contribution in [0.2, 0.25) is 0 Å². The first-order valence-electron chi connectivity index (χ1n) is 11.8. The van der Waals surface area contributed by atoms with Gasteiger partial charge in [0.15, 0.2) is 0 Å². The minimum absolute atomic E-state index is 0.0791. The molecule has 1 aromatic heterocycles. The SMILES string of the molecule is CCCn1cc(S(=O)(=O)c2cc(C)cc(C)c2)c(=O)c2cc(F)c(N3CCN(CC)CC3)cc21. The number of piperazine rings is 1. The largest absolute Gasteiger partial charge is 0.367 e. The number of aromatic nitrogens is 1. The molecule has 34 heavy (non-hydrogen) atoms. The number of aryl methyl sites for hydroxylation is 3. The lowest BCUT2D eigenvalue weighted by molar-refractivity contribution is 0.270. The van der Waals surface area contributed by atoms with Crippen LogP contribution in [0, 0.1) is 19.7 Å². The number of sulfone groups is 1. The molecule has 3 aromatic rings. The van der Waals surface area contributed by atoms with E-state index >= 15 is 4.39 Å². The molecule has 2 aromatic carbocycles. The van der Waals surface area contributed by atoms with Gasteiger partial charge in [0.25, 0.3) is 0 Å². The zero-order valence-corrected chi connectivity index (χ0v) is 21.1. The van der Waals surface area contributed by atoms with Crippen LogP contribution in [-0.4, -0.2) is 50.6 Å². The fourth-order valence-electron chi connectivity index (χ4n) is 4.75. The summed E-state index contributed by atoms with van der Waals surface area (Å²) in [5, 5.41) is 0.0901. The zero-order valence-electron chi connectivity index (χ0n) is 20.3. The van der Waals surface area contributed by atoms with E-state index in [0.29, 0.717) is 30.8 Å². The number of benzene rings is 2. The topological polar surface area (TPSA) is 62.6 Å². The van der Waals surface area contributed by atoms with E-state index in [9.17, 15) is 13.2 Å². The van der Waals surface area contributed by atoms with Crippen molar-refractivity contribution in [1.82, 2.24) is 9.47 Å². The highest BCUT2D eigenvalue weighted by Crippen LogP contribution is 2.28. The van der Waals surface area contributed by atoms with Crippen LogP contribution >= 0.6 is 0 Å². The number of hydrogen-bond acceptors (Lipinski definition) is 5. The van der Waals surface area contributed by atoms with E-state index in [1.165, 1.54) is 12.3 Å². The normalized spacial score (nSPS) is 15.3. The standard InChI is InChI=1S/C26H32FN3O3S/c1-5-7-30-17-25(34(32,33)20-13-18(3)12-19(4)14-20)26(31)21-15-22(27)24(16-23(21)30)29-10-8-28(6-2)9-11-29/h12-17H,5-11H2,1-4H3. The molecule has 0 N–H and O–H groups in total. The van der Waals surface area contributed by atoms with Crippen LogP contribution < -0.4 is 10.3 Å². The van der Waals surface area contributed by atoms with Gasteiger partial charge in [-0.25, -0.2) is 12.8 Å². The van der Waals surface area contributed by atoms with E-state index in [-0.39, 0.29) is 15.2 Å². The maximum atomic E-state index is 15.3. The molecule has 0 amide bonds. The molecule has 0 aliphatic carbocycles. The van der Waals surface area contributed by atoms with Gasteiger partial charge in [-0.1, -0.05) is 19.9 Å². The van der Waals surface area contributed by atoms with Gasteiger partial charge in [-0.3, -0.25) is 4.79 Å². The Labute approximate surface area is 200 Å². The molecular formula is C26H32FN3O3S. The molecule has 4 rings (SSSR count). The third kappa shape index (κ3) is 4.49. The lowest BCUT2D eigenvalue weighted by Crippen LogP contribution is -2.46. The molecule has 0 atom stereocenters. The van der Waals surface area contributed by atoms with Crippen LogP contribution in [0.5, 0.6) is 0 Å². The Hall–Kier alpha value is -2.71. The smallest absolute Gasteiger partial charge is 0.211 e. The second-order valence-corrected chi connectivity index (χ2v) is 11.0. The van der Waals surface area contributed by atoms with Gasteiger partial charge in [0.2, 0.25) is 15.3 Å². The molecule has 0 unspecified atom stereocenters. The second kappa shape index (κ2) is 9.50. The Balaban J connectivity index is 1.88. The number of anilines is 1. The van der Waals surface area contributed by atoms with Crippen molar-refractivity contribution in [2.24, 2.45) is 0 Å². The Morgan fingerprint density at radius 2 is 1.59 bits per heavy atom. The first-order chi connectivity index (χ1) is 16.1. The van der Waals surface area contributed by atoms with Gasteiger partial charge in [0.1, 0.15) is 10.7 Å². The van der Waals surface area contributed by atoms with Crippen LogP contribution in [0.25, 0.3) is 10.9 Å². The number of nitrogens with zero attached hydrogens (tertiary/aromatic N) is 3. The second-order valence-electron chi connectivity index (χ2n) is 9.08. The number of rotatable bonds is 6. The van der Waals surface area contributed by atoms with Crippen LogP contribution in [-0.2, 0) is 16.4 Å². The molecular weight excluding hydrogens is 453 g/mol. The summed E-state index contributed by atoms with van der Waals surface area (Å²) in [4.78, 5) is 17.5. The van der Waals surface area contributed by atoms with Gasteiger partial charge < -0.3 is 14.4 Å². The summed E-state index contributed by atoms with van der Waals surface area (Å²) in [7, 11) is -4.07. The van der Waals surface area contributed by atoms with Gasteiger partial charge in [-0.2, -0.15) is 0 Å². The number of halogens is 1. The van der Waals surface area contributed by atoms with Crippen molar-refractivity contribution < 1.29 is 12.8 Å². The molecule has 1 aliphatic rings. The highest BCUT2D eigenvalue weighted by atomic mass is 32.2. The maximum Gasteiger partial charge on any atom is 0.211 e. The highest BCUT2D eigenvalue weighted by molar-refractivity contribution is 7.91. The molecule has 6 nitrogen and oxygen atoms in total. The quantitative estimate of drug-likeness (QED) is 0.525. The van der Waals surface area contributed by atoms with Crippen LogP contribution in [0.15, 0.2) is 51.1 Å². The van der Waals surface area contributed by atoms with Crippen molar-refractivity contribution in [3.05, 3.63) is 63.7 Å². The van der Waals surface area contributed by atoms with Gasteiger partial charge in [-0.15, -0.1) is 0 Å². The van der Waals surface area contributed by atoms with E-state index in [1.807, 2.05) is 31.7 Å².